The van der Waals surface area contributed by atoms with Gasteiger partial charge in [-0.3, -0.25) is 0 Å². The van der Waals surface area contributed by atoms with E-state index in [-0.39, 0.29) is 21.3 Å². The summed E-state index contributed by atoms with van der Waals surface area (Å²) in [6.45, 7) is 0. The molecule has 0 fully saturated rings. The first kappa shape index (κ1) is 20.3. The van der Waals surface area contributed by atoms with Crippen LogP contribution in [0.1, 0.15) is 0 Å². The van der Waals surface area contributed by atoms with E-state index in [1.54, 1.807) is 78.9 Å². The van der Waals surface area contributed by atoms with E-state index in [1.807, 2.05) is 0 Å². The van der Waals surface area contributed by atoms with Gasteiger partial charge in [0.1, 0.15) is 4.90 Å². The van der Waals surface area contributed by atoms with Gasteiger partial charge in [-0.15, -0.1) is 0 Å². The maximum atomic E-state index is 13.4. The first-order chi connectivity index (χ1) is 15.0. The molecule has 7 heteroatoms. The van der Waals surface area contributed by atoms with Crippen molar-refractivity contribution in [1.82, 2.24) is 0 Å². The Morgan fingerprint density at radius 2 is 1.06 bits per heavy atom. The fourth-order valence-electron chi connectivity index (χ4n) is 2.99. The van der Waals surface area contributed by atoms with Gasteiger partial charge in [-0.25, -0.2) is 8.42 Å². The molecule has 4 aromatic carbocycles. The normalized spacial score (nSPS) is 11.1. The van der Waals surface area contributed by atoms with Crippen LogP contribution >= 0.6 is 0 Å². The Balaban J connectivity index is 1.89. The third-order valence-electron chi connectivity index (χ3n) is 4.56. The quantitative estimate of drug-likeness (QED) is 0.402. The second-order valence-corrected chi connectivity index (χ2v) is 8.60. The van der Waals surface area contributed by atoms with Crippen LogP contribution in [0.2, 0.25) is 0 Å². The van der Waals surface area contributed by atoms with Crippen LogP contribution in [0.4, 0.5) is 11.4 Å². The van der Waals surface area contributed by atoms with Crippen molar-refractivity contribution in [2.75, 3.05) is 11.5 Å². The summed E-state index contributed by atoms with van der Waals surface area (Å²) in [7, 11) is -3.90. The third-order valence-corrected chi connectivity index (χ3v) is 6.35. The van der Waals surface area contributed by atoms with E-state index < -0.39 is 9.84 Å². The van der Waals surface area contributed by atoms with Gasteiger partial charge >= 0.3 is 0 Å². The van der Waals surface area contributed by atoms with E-state index in [2.05, 4.69) is 0 Å². The summed E-state index contributed by atoms with van der Waals surface area (Å²) in [4.78, 5) is 0.0891. The number of benzene rings is 4. The molecule has 6 nitrogen and oxygen atoms in total. The van der Waals surface area contributed by atoms with Crippen LogP contribution in [0, 0.1) is 0 Å². The van der Waals surface area contributed by atoms with Gasteiger partial charge < -0.3 is 20.9 Å². The number of hydrogen-bond donors (Lipinski definition) is 2. The molecule has 156 valence electrons. The number of nitrogens with two attached hydrogens (primary N) is 2. The van der Waals surface area contributed by atoms with Gasteiger partial charge in [0.2, 0.25) is 9.84 Å². The molecule has 0 atom stereocenters. The van der Waals surface area contributed by atoms with Gasteiger partial charge in [-0.05, 0) is 48.5 Å². The summed E-state index contributed by atoms with van der Waals surface area (Å²) in [6, 6.07) is 26.6. The zero-order chi connectivity index (χ0) is 21.8. The molecule has 0 aliphatic heterocycles. The fraction of sp³-hybridized carbons (Fsp3) is 0. The molecule has 0 aliphatic rings. The topological polar surface area (TPSA) is 105 Å². The molecule has 0 unspecified atom stereocenters. The minimum atomic E-state index is -3.90. The van der Waals surface area contributed by atoms with Crippen LogP contribution in [-0.4, -0.2) is 8.42 Å². The highest BCUT2D eigenvalue weighted by atomic mass is 32.2. The van der Waals surface area contributed by atoms with Gasteiger partial charge in [-0.2, -0.15) is 0 Å². The summed E-state index contributed by atoms with van der Waals surface area (Å²) < 4.78 is 38.8. The van der Waals surface area contributed by atoms with Crippen LogP contribution in [0.3, 0.4) is 0 Å². The van der Waals surface area contributed by atoms with Crippen molar-refractivity contribution in [2.24, 2.45) is 0 Å². The number of nitrogen functional groups attached to an aromatic ring is 2. The first-order valence-corrected chi connectivity index (χ1v) is 10.9. The minimum Gasteiger partial charge on any atom is -0.451 e. The lowest BCUT2D eigenvalue weighted by atomic mass is 10.2. The minimum absolute atomic E-state index is 0.0208. The molecule has 31 heavy (non-hydrogen) atoms. The molecule has 4 N–H and O–H groups in total. The van der Waals surface area contributed by atoms with E-state index >= 15 is 0 Å². The van der Waals surface area contributed by atoms with Crippen molar-refractivity contribution in [3.63, 3.8) is 0 Å². The van der Waals surface area contributed by atoms with E-state index in [1.165, 1.54) is 18.2 Å². The van der Waals surface area contributed by atoms with Crippen molar-refractivity contribution >= 4 is 21.2 Å². The Morgan fingerprint density at radius 1 is 0.548 bits per heavy atom. The number of anilines is 2. The standard InChI is InChI=1S/C24H20N2O4S/c25-18-11-4-6-13-20(18)29-22-15-8-16-23(31(27,28)17-9-2-1-3-10-17)24(22)30-21-14-7-5-12-19(21)26/h1-16H,25-26H2. The van der Waals surface area contributed by atoms with Gasteiger partial charge in [0, 0.05) is 0 Å². The van der Waals surface area contributed by atoms with Crippen molar-refractivity contribution in [1.29, 1.82) is 0 Å². The van der Waals surface area contributed by atoms with Gasteiger partial charge in [0.25, 0.3) is 0 Å². The predicted molar refractivity (Wildman–Crippen MR) is 120 cm³/mol. The molecule has 0 bridgehead atoms. The van der Waals surface area contributed by atoms with Crippen molar-refractivity contribution in [3.05, 3.63) is 97.1 Å². The molecule has 0 spiro atoms. The molecule has 0 radical (unpaired) electrons. The highest BCUT2D eigenvalue weighted by Gasteiger charge is 2.26. The molecule has 4 rings (SSSR count). The van der Waals surface area contributed by atoms with E-state index in [0.717, 1.165) is 0 Å². The molecular weight excluding hydrogens is 412 g/mol. The molecule has 0 saturated heterocycles. The van der Waals surface area contributed by atoms with Crippen LogP contribution in [0.5, 0.6) is 23.0 Å². The molecule has 0 aromatic heterocycles. The monoisotopic (exact) mass is 432 g/mol. The van der Waals surface area contributed by atoms with Crippen molar-refractivity contribution in [3.8, 4) is 23.0 Å². The summed E-state index contributed by atoms with van der Waals surface area (Å²) in [5, 5.41) is 0. The molecule has 4 aromatic rings. The van der Waals surface area contributed by atoms with Crippen LogP contribution in [0.25, 0.3) is 0 Å². The van der Waals surface area contributed by atoms with Crippen molar-refractivity contribution in [2.45, 2.75) is 9.79 Å². The van der Waals surface area contributed by atoms with Gasteiger partial charge in [0.05, 0.1) is 16.3 Å². The Labute approximate surface area is 180 Å². The molecule has 0 heterocycles. The second-order valence-electron chi connectivity index (χ2n) is 6.68. The average molecular weight is 433 g/mol. The Bertz CT molecular complexity index is 1320. The lowest BCUT2D eigenvalue weighted by molar-refractivity contribution is 0.411. The van der Waals surface area contributed by atoms with E-state index in [0.29, 0.717) is 22.9 Å². The van der Waals surface area contributed by atoms with Gasteiger partial charge in [-0.1, -0.05) is 48.5 Å². The average Bonchev–Trinajstić information content (AvgIpc) is 2.78. The maximum Gasteiger partial charge on any atom is 0.210 e. The smallest absolute Gasteiger partial charge is 0.210 e. The Hall–Kier alpha value is -3.97. The van der Waals surface area contributed by atoms with Crippen LogP contribution in [0.15, 0.2) is 107 Å². The van der Waals surface area contributed by atoms with Crippen LogP contribution < -0.4 is 20.9 Å². The number of para-hydroxylation sites is 5. The molecule has 0 saturated carbocycles. The fourth-order valence-corrected chi connectivity index (χ4v) is 4.40. The van der Waals surface area contributed by atoms with E-state index in [9.17, 15) is 8.42 Å². The lowest BCUT2D eigenvalue weighted by Crippen LogP contribution is -2.06. The van der Waals surface area contributed by atoms with Crippen molar-refractivity contribution < 1.29 is 17.9 Å². The summed E-state index contributed by atoms with van der Waals surface area (Å²) in [5.41, 5.74) is 12.8. The predicted octanol–water partition coefficient (Wildman–Crippen LogP) is 5.27. The van der Waals surface area contributed by atoms with Crippen LogP contribution in [-0.2, 0) is 9.84 Å². The number of rotatable bonds is 6. The first-order valence-electron chi connectivity index (χ1n) is 9.44. The highest BCUT2D eigenvalue weighted by Crippen LogP contribution is 2.43. The Morgan fingerprint density at radius 3 is 1.68 bits per heavy atom. The Kier molecular flexibility index (Phi) is 5.51. The summed E-state index contributed by atoms with van der Waals surface area (Å²) in [5.74, 6) is 0.900. The number of hydrogen-bond acceptors (Lipinski definition) is 6. The van der Waals surface area contributed by atoms with Gasteiger partial charge in [0.15, 0.2) is 23.0 Å². The number of ether oxygens (including phenoxy) is 2. The lowest BCUT2D eigenvalue weighted by Gasteiger charge is -2.18. The maximum absolute atomic E-state index is 13.4. The van der Waals surface area contributed by atoms with E-state index in [4.69, 9.17) is 20.9 Å². The molecule has 0 amide bonds. The molecular formula is C24H20N2O4S. The summed E-state index contributed by atoms with van der Waals surface area (Å²) >= 11 is 0. The SMILES string of the molecule is Nc1ccccc1Oc1cccc(S(=O)(=O)c2ccccc2)c1Oc1ccccc1N. The zero-order valence-electron chi connectivity index (χ0n) is 16.4. The molecule has 0 aliphatic carbocycles. The number of sulfone groups is 1. The second kappa shape index (κ2) is 8.41. The summed E-state index contributed by atoms with van der Waals surface area (Å²) in [6.07, 6.45) is 0. The highest BCUT2D eigenvalue weighted by molar-refractivity contribution is 7.91. The largest absolute Gasteiger partial charge is 0.451 e. The zero-order valence-corrected chi connectivity index (χ0v) is 17.3. The third kappa shape index (κ3) is 4.17.